The number of aryl methyl sites for hydroxylation is 2. The van der Waals surface area contributed by atoms with Crippen LogP contribution in [0.4, 0.5) is 0 Å². The van der Waals surface area contributed by atoms with Gasteiger partial charge in [0.1, 0.15) is 12.4 Å². The molecule has 0 fully saturated rings. The number of benzene rings is 1. The van der Waals surface area contributed by atoms with Gasteiger partial charge in [-0.05, 0) is 31.5 Å². The first kappa shape index (κ1) is 15.2. The van der Waals surface area contributed by atoms with E-state index in [2.05, 4.69) is 5.10 Å². The van der Waals surface area contributed by atoms with E-state index in [9.17, 15) is 5.11 Å². The highest BCUT2D eigenvalue weighted by atomic mass is 35.5. The molecule has 0 spiro atoms. The number of aliphatic hydroxyl groups is 1. The minimum Gasteiger partial charge on any atom is -0.486 e. The lowest BCUT2D eigenvalue weighted by molar-refractivity contribution is 0.199. The summed E-state index contributed by atoms with van der Waals surface area (Å²) in [5.41, 5.74) is 2.31. The maximum Gasteiger partial charge on any atom is 0.138 e. The van der Waals surface area contributed by atoms with Crippen LogP contribution in [0.15, 0.2) is 18.2 Å². The predicted octanol–water partition coefficient (Wildman–Crippen LogP) is 3.67. The Balaban J connectivity index is 2.15. The molecule has 0 aliphatic rings. The number of aliphatic hydroxyl groups excluding tert-OH is 1. The standard InChI is InChI=1S/C14H16Cl2N2O2/c1-8-14(16)12(18(3)17-8)7-20-13-5-4-10(9(2)19)6-11(13)15/h4-6,9,19H,7H2,1-3H3/t9-/m1/s1. The first-order valence-electron chi connectivity index (χ1n) is 6.18. The van der Waals surface area contributed by atoms with E-state index in [0.717, 1.165) is 17.0 Å². The zero-order valence-electron chi connectivity index (χ0n) is 11.5. The van der Waals surface area contributed by atoms with Crippen molar-refractivity contribution in [2.75, 3.05) is 0 Å². The summed E-state index contributed by atoms with van der Waals surface area (Å²) in [4.78, 5) is 0. The highest BCUT2D eigenvalue weighted by molar-refractivity contribution is 6.32. The molecule has 2 aromatic rings. The Bertz CT molecular complexity index is 624. The first-order valence-corrected chi connectivity index (χ1v) is 6.94. The third kappa shape index (κ3) is 3.08. The van der Waals surface area contributed by atoms with Crippen LogP contribution in [0.25, 0.3) is 0 Å². The molecule has 0 bridgehead atoms. The van der Waals surface area contributed by atoms with Crippen LogP contribution >= 0.6 is 23.2 Å². The van der Waals surface area contributed by atoms with E-state index in [4.69, 9.17) is 27.9 Å². The maximum atomic E-state index is 9.49. The van der Waals surface area contributed by atoms with Gasteiger partial charge in [0, 0.05) is 7.05 Å². The lowest BCUT2D eigenvalue weighted by atomic mass is 10.1. The van der Waals surface area contributed by atoms with Gasteiger partial charge in [0.25, 0.3) is 0 Å². The quantitative estimate of drug-likeness (QED) is 0.936. The van der Waals surface area contributed by atoms with Crippen molar-refractivity contribution in [2.45, 2.75) is 26.6 Å². The molecule has 1 atom stereocenters. The zero-order valence-corrected chi connectivity index (χ0v) is 13.0. The van der Waals surface area contributed by atoms with Crippen LogP contribution in [0.2, 0.25) is 10.0 Å². The molecule has 1 heterocycles. The lowest BCUT2D eigenvalue weighted by Gasteiger charge is -2.11. The molecular formula is C14H16Cl2N2O2. The summed E-state index contributed by atoms with van der Waals surface area (Å²) < 4.78 is 7.36. The van der Waals surface area contributed by atoms with Crippen molar-refractivity contribution in [3.63, 3.8) is 0 Å². The van der Waals surface area contributed by atoms with Gasteiger partial charge in [0.2, 0.25) is 0 Å². The largest absolute Gasteiger partial charge is 0.486 e. The molecule has 0 unspecified atom stereocenters. The van der Waals surface area contributed by atoms with Gasteiger partial charge in [-0.25, -0.2) is 0 Å². The van der Waals surface area contributed by atoms with Gasteiger partial charge in [-0.2, -0.15) is 5.10 Å². The van der Waals surface area contributed by atoms with Crippen LogP contribution in [-0.4, -0.2) is 14.9 Å². The molecule has 108 valence electrons. The van der Waals surface area contributed by atoms with E-state index >= 15 is 0 Å². The molecule has 0 aliphatic heterocycles. The number of rotatable bonds is 4. The van der Waals surface area contributed by atoms with Crippen LogP contribution < -0.4 is 4.74 Å². The molecule has 0 saturated carbocycles. The Morgan fingerprint density at radius 2 is 2.10 bits per heavy atom. The van der Waals surface area contributed by atoms with Gasteiger partial charge in [0.05, 0.1) is 27.5 Å². The van der Waals surface area contributed by atoms with Crippen LogP contribution in [0.3, 0.4) is 0 Å². The van der Waals surface area contributed by atoms with E-state index in [0.29, 0.717) is 15.8 Å². The van der Waals surface area contributed by atoms with Crippen molar-refractivity contribution in [3.05, 3.63) is 45.2 Å². The number of halogens is 2. The van der Waals surface area contributed by atoms with Crippen molar-refractivity contribution in [2.24, 2.45) is 7.05 Å². The summed E-state index contributed by atoms with van der Waals surface area (Å²) in [6.07, 6.45) is -0.560. The minimum atomic E-state index is -0.560. The molecule has 0 saturated heterocycles. The average Bonchev–Trinajstić information content (AvgIpc) is 2.62. The van der Waals surface area contributed by atoms with E-state index in [1.54, 1.807) is 29.8 Å². The molecule has 1 aromatic heterocycles. The summed E-state index contributed by atoms with van der Waals surface area (Å²) in [7, 11) is 1.82. The third-order valence-electron chi connectivity index (χ3n) is 3.06. The predicted molar refractivity (Wildman–Crippen MR) is 79.4 cm³/mol. The van der Waals surface area contributed by atoms with Gasteiger partial charge in [-0.3, -0.25) is 4.68 Å². The van der Waals surface area contributed by atoms with Crippen molar-refractivity contribution in [3.8, 4) is 5.75 Å². The fourth-order valence-electron chi connectivity index (χ4n) is 1.88. The number of hydrogen-bond donors (Lipinski definition) is 1. The van der Waals surface area contributed by atoms with E-state index < -0.39 is 6.10 Å². The van der Waals surface area contributed by atoms with Crippen molar-refractivity contribution < 1.29 is 9.84 Å². The number of aromatic nitrogens is 2. The van der Waals surface area contributed by atoms with Crippen LogP contribution in [0.5, 0.6) is 5.75 Å². The molecule has 1 aromatic carbocycles. The van der Waals surface area contributed by atoms with Crippen LogP contribution in [0.1, 0.15) is 30.0 Å². The van der Waals surface area contributed by atoms with Gasteiger partial charge >= 0.3 is 0 Å². The Morgan fingerprint density at radius 1 is 1.40 bits per heavy atom. The summed E-state index contributed by atoms with van der Waals surface area (Å²) in [5.74, 6) is 0.547. The second kappa shape index (κ2) is 6.04. The average molecular weight is 315 g/mol. The summed E-state index contributed by atoms with van der Waals surface area (Å²) in [5, 5.41) is 14.8. The molecular weight excluding hydrogens is 299 g/mol. The third-order valence-corrected chi connectivity index (χ3v) is 3.85. The maximum absolute atomic E-state index is 9.49. The number of ether oxygens (including phenoxy) is 1. The number of hydrogen-bond acceptors (Lipinski definition) is 3. The van der Waals surface area contributed by atoms with Crippen LogP contribution in [0, 0.1) is 6.92 Å². The van der Waals surface area contributed by atoms with Crippen LogP contribution in [-0.2, 0) is 13.7 Å². The zero-order chi connectivity index (χ0) is 14.9. The Kier molecular flexibility index (Phi) is 4.58. The smallest absolute Gasteiger partial charge is 0.138 e. The topological polar surface area (TPSA) is 47.3 Å². The van der Waals surface area contributed by atoms with Crippen molar-refractivity contribution >= 4 is 23.2 Å². The molecule has 0 radical (unpaired) electrons. The van der Waals surface area contributed by atoms with E-state index in [-0.39, 0.29) is 6.61 Å². The second-order valence-corrected chi connectivity index (χ2v) is 5.41. The van der Waals surface area contributed by atoms with Gasteiger partial charge in [0.15, 0.2) is 0 Å². The van der Waals surface area contributed by atoms with Crippen molar-refractivity contribution in [1.29, 1.82) is 0 Å². The second-order valence-electron chi connectivity index (χ2n) is 4.62. The minimum absolute atomic E-state index is 0.282. The van der Waals surface area contributed by atoms with E-state index in [1.807, 2.05) is 14.0 Å². The summed E-state index contributed by atoms with van der Waals surface area (Å²) in [6.45, 7) is 3.81. The van der Waals surface area contributed by atoms with Gasteiger partial charge in [-0.1, -0.05) is 29.3 Å². The van der Waals surface area contributed by atoms with E-state index in [1.165, 1.54) is 0 Å². The molecule has 6 heteroatoms. The van der Waals surface area contributed by atoms with Crippen molar-refractivity contribution in [1.82, 2.24) is 9.78 Å². The van der Waals surface area contributed by atoms with Gasteiger partial charge < -0.3 is 9.84 Å². The summed E-state index contributed by atoms with van der Waals surface area (Å²) >= 11 is 12.3. The highest BCUT2D eigenvalue weighted by Crippen LogP contribution is 2.29. The summed E-state index contributed by atoms with van der Waals surface area (Å²) in [6, 6.07) is 5.21. The SMILES string of the molecule is Cc1nn(C)c(COc2ccc([C@@H](C)O)cc2Cl)c1Cl. The molecule has 0 aliphatic carbocycles. The Hall–Kier alpha value is -1.23. The normalized spacial score (nSPS) is 12.5. The van der Waals surface area contributed by atoms with Gasteiger partial charge in [-0.15, -0.1) is 0 Å². The molecule has 2 rings (SSSR count). The Labute approximate surface area is 127 Å². The highest BCUT2D eigenvalue weighted by Gasteiger charge is 2.13. The first-order chi connectivity index (χ1) is 9.40. The fourth-order valence-corrected chi connectivity index (χ4v) is 2.34. The molecule has 20 heavy (non-hydrogen) atoms. The molecule has 0 amide bonds. The Morgan fingerprint density at radius 3 is 2.60 bits per heavy atom. The molecule has 1 N–H and O–H groups in total. The molecule has 4 nitrogen and oxygen atoms in total. The number of nitrogens with zero attached hydrogens (tertiary/aromatic N) is 2. The monoisotopic (exact) mass is 314 g/mol. The fraction of sp³-hybridized carbons (Fsp3) is 0.357. The lowest BCUT2D eigenvalue weighted by Crippen LogP contribution is -2.04.